The molecule has 8 heteroatoms. The van der Waals surface area contributed by atoms with Gasteiger partial charge in [0, 0.05) is 37.5 Å². The maximum Gasteiger partial charge on any atom is 0.205 e. The number of fused-ring (bicyclic) bond motifs is 1. The Bertz CT molecular complexity index is 1200. The minimum Gasteiger partial charge on any atom is -0.380 e. The van der Waals surface area contributed by atoms with Crippen molar-refractivity contribution in [2.45, 2.75) is 23.6 Å². The number of rotatable bonds is 5. The van der Waals surface area contributed by atoms with Crippen LogP contribution in [-0.4, -0.2) is 33.9 Å². The minimum atomic E-state index is -0.895. The van der Waals surface area contributed by atoms with Crippen LogP contribution in [0.1, 0.15) is 30.2 Å². The Labute approximate surface area is 190 Å². The van der Waals surface area contributed by atoms with Gasteiger partial charge in [-0.15, -0.1) is 0 Å². The zero-order valence-electron chi connectivity index (χ0n) is 18.1. The van der Waals surface area contributed by atoms with Gasteiger partial charge in [-0.2, -0.15) is 0 Å². The molecule has 0 amide bonds. The third kappa shape index (κ3) is 3.56. The van der Waals surface area contributed by atoms with Crippen LogP contribution in [0.25, 0.3) is 16.7 Å². The van der Waals surface area contributed by atoms with Gasteiger partial charge < -0.3 is 10.6 Å². The van der Waals surface area contributed by atoms with Crippen molar-refractivity contribution in [1.29, 1.82) is 0 Å². The molecule has 164 valence electrons. The predicted octanol–water partition coefficient (Wildman–Crippen LogP) is 5.35. The highest BCUT2D eigenvalue weighted by molar-refractivity contribution is 8.15. The number of hydrogen-bond donors (Lipinski definition) is 1. The van der Waals surface area contributed by atoms with E-state index >= 15 is 4.39 Å². The van der Waals surface area contributed by atoms with Crippen molar-refractivity contribution < 1.29 is 8.78 Å². The maximum absolute atomic E-state index is 15.0. The van der Waals surface area contributed by atoms with Gasteiger partial charge in [-0.1, -0.05) is 30.5 Å². The van der Waals surface area contributed by atoms with E-state index < -0.39 is 17.2 Å². The smallest absolute Gasteiger partial charge is 0.205 e. The normalized spacial score (nSPS) is 26.6. The molecular formula is C24H23F2N5S. The van der Waals surface area contributed by atoms with Crippen LogP contribution in [-0.2, 0) is 5.54 Å². The van der Waals surface area contributed by atoms with Crippen LogP contribution in [0.3, 0.4) is 0 Å². The van der Waals surface area contributed by atoms with Crippen LogP contribution < -0.4 is 5.73 Å². The lowest BCUT2D eigenvalue weighted by atomic mass is 9.84. The van der Waals surface area contributed by atoms with E-state index in [0.717, 1.165) is 12.1 Å². The fourth-order valence-electron chi connectivity index (χ4n) is 4.36. The molecule has 2 heterocycles. The number of benzene rings is 1. The first-order valence-corrected chi connectivity index (χ1v) is 10.8. The van der Waals surface area contributed by atoms with Crippen molar-refractivity contribution in [2.24, 2.45) is 16.6 Å². The summed E-state index contributed by atoms with van der Waals surface area (Å²) in [5.74, 6) is -0.971. The summed E-state index contributed by atoms with van der Waals surface area (Å²) in [6.07, 6.45) is 3.39. The van der Waals surface area contributed by atoms with Gasteiger partial charge in [0.15, 0.2) is 5.17 Å². The molecule has 1 aromatic carbocycles. The van der Waals surface area contributed by atoms with E-state index in [4.69, 9.17) is 12.3 Å². The Morgan fingerprint density at radius 2 is 2.12 bits per heavy atom. The third-order valence-corrected chi connectivity index (χ3v) is 7.55. The molecule has 1 saturated carbocycles. The van der Waals surface area contributed by atoms with Gasteiger partial charge in [0.05, 0.1) is 22.6 Å². The molecule has 2 aliphatic rings. The topological polar surface area (TPSA) is 58.9 Å². The summed E-state index contributed by atoms with van der Waals surface area (Å²) in [4.78, 5) is 13.8. The highest BCUT2D eigenvalue weighted by atomic mass is 32.2. The van der Waals surface area contributed by atoms with Gasteiger partial charge in [0.25, 0.3) is 0 Å². The second-order valence-electron chi connectivity index (χ2n) is 8.43. The van der Waals surface area contributed by atoms with E-state index in [0.29, 0.717) is 22.0 Å². The summed E-state index contributed by atoms with van der Waals surface area (Å²) in [6, 6.07) is 7.41. The van der Waals surface area contributed by atoms with Gasteiger partial charge in [-0.05, 0) is 43.2 Å². The van der Waals surface area contributed by atoms with Crippen LogP contribution in [0.15, 0.2) is 53.8 Å². The van der Waals surface area contributed by atoms with E-state index in [1.165, 1.54) is 48.3 Å². The van der Waals surface area contributed by atoms with Crippen LogP contribution in [0, 0.1) is 18.3 Å². The molecule has 0 bridgehead atoms. The molecule has 3 atom stereocenters. The number of halogens is 2. The Morgan fingerprint density at radius 3 is 2.75 bits per heavy atom. The SMILES string of the molecule is [C-]#[N+]c1ccc(/C(F)=C/c2ccc(F)c([C@@]3(C)N=C(N)S[C@@]4(C(=C)N(C)C)C[C@H]43)c2)nc1. The minimum absolute atomic E-state index is 0.0172. The summed E-state index contributed by atoms with van der Waals surface area (Å²) in [5, 5.41) is 0.389. The Morgan fingerprint density at radius 1 is 1.38 bits per heavy atom. The monoisotopic (exact) mass is 451 g/mol. The number of nitrogens with zero attached hydrogens (tertiary/aromatic N) is 4. The number of pyridine rings is 1. The summed E-state index contributed by atoms with van der Waals surface area (Å²) in [6.45, 7) is 13.1. The summed E-state index contributed by atoms with van der Waals surface area (Å²) in [5.41, 5.74) is 7.51. The Hall–Kier alpha value is -3.18. The number of thioether (sulfide) groups is 1. The molecule has 1 fully saturated rings. The van der Waals surface area contributed by atoms with Gasteiger partial charge in [-0.25, -0.2) is 13.6 Å². The lowest BCUT2D eigenvalue weighted by Crippen LogP contribution is -2.38. The van der Waals surface area contributed by atoms with Crippen molar-refractivity contribution in [3.05, 3.63) is 82.9 Å². The molecule has 1 aromatic heterocycles. The summed E-state index contributed by atoms with van der Waals surface area (Å²) < 4.78 is 29.5. The molecule has 2 N–H and O–H groups in total. The number of hydrogen-bond acceptors (Lipinski definition) is 5. The number of aliphatic imine (C=N–C) groups is 1. The van der Waals surface area contributed by atoms with E-state index in [1.807, 2.05) is 25.9 Å². The van der Waals surface area contributed by atoms with Crippen LogP contribution in [0.5, 0.6) is 0 Å². The van der Waals surface area contributed by atoms with E-state index in [1.54, 1.807) is 6.07 Å². The molecule has 1 aliphatic heterocycles. The second-order valence-corrected chi connectivity index (χ2v) is 9.78. The lowest BCUT2D eigenvalue weighted by Gasteiger charge is -2.36. The van der Waals surface area contributed by atoms with Crippen LogP contribution in [0.4, 0.5) is 14.5 Å². The van der Waals surface area contributed by atoms with Crippen molar-refractivity contribution in [2.75, 3.05) is 14.1 Å². The lowest BCUT2D eigenvalue weighted by molar-refractivity contribution is 0.381. The highest BCUT2D eigenvalue weighted by Crippen LogP contribution is 2.68. The predicted molar refractivity (Wildman–Crippen MR) is 126 cm³/mol. The zero-order valence-corrected chi connectivity index (χ0v) is 18.9. The van der Waals surface area contributed by atoms with Crippen molar-refractivity contribution >= 4 is 34.5 Å². The van der Waals surface area contributed by atoms with Crippen molar-refractivity contribution in [3.63, 3.8) is 0 Å². The first-order valence-electron chi connectivity index (χ1n) is 10.0. The van der Waals surface area contributed by atoms with Gasteiger partial charge in [0.1, 0.15) is 11.6 Å². The largest absolute Gasteiger partial charge is 0.380 e. The van der Waals surface area contributed by atoms with Crippen LogP contribution in [0.2, 0.25) is 0 Å². The Balaban J connectivity index is 1.72. The number of nitrogens with two attached hydrogens (primary N) is 1. The summed E-state index contributed by atoms with van der Waals surface area (Å²) in [7, 11) is 3.86. The highest BCUT2D eigenvalue weighted by Gasteiger charge is 2.68. The number of aromatic nitrogens is 1. The quantitative estimate of drug-likeness (QED) is 0.623. The van der Waals surface area contributed by atoms with E-state index in [2.05, 4.69) is 21.4 Å². The molecule has 32 heavy (non-hydrogen) atoms. The van der Waals surface area contributed by atoms with Crippen LogP contribution >= 0.6 is 11.8 Å². The number of amidine groups is 1. The molecular weight excluding hydrogens is 428 g/mol. The molecule has 0 unspecified atom stereocenters. The molecule has 1 aliphatic carbocycles. The van der Waals surface area contributed by atoms with E-state index in [-0.39, 0.29) is 16.4 Å². The fourth-order valence-corrected chi connectivity index (χ4v) is 5.90. The van der Waals surface area contributed by atoms with Crippen molar-refractivity contribution in [3.8, 4) is 0 Å². The average Bonchev–Trinajstić information content (AvgIpc) is 3.51. The second kappa shape index (κ2) is 7.75. The fraction of sp³-hybridized carbons (Fsp3) is 0.292. The molecule has 4 rings (SSSR count). The molecule has 0 saturated heterocycles. The zero-order chi connectivity index (χ0) is 23.3. The average molecular weight is 452 g/mol. The molecule has 0 radical (unpaired) electrons. The third-order valence-electron chi connectivity index (χ3n) is 6.20. The molecule has 5 nitrogen and oxygen atoms in total. The Kier molecular flexibility index (Phi) is 5.33. The van der Waals surface area contributed by atoms with Gasteiger partial charge in [0.2, 0.25) is 5.69 Å². The summed E-state index contributed by atoms with van der Waals surface area (Å²) >= 11 is 1.48. The van der Waals surface area contributed by atoms with Crippen molar-refractivity contribution in [1.82, 2.24) is 9.88 Å². The first kappa shape index (κ1) is 22.0. The van der Waals surface area contributed by atoms with E-state index in [9.17, 15) is 4.39 Å². The standard InChI is InChI=1S/C24H23F2N5S/c1-14(31(4)5)24-12-21(24)23(2,30-22(27)32-24)17-10-15(6-8-18(17)25)11-19(26)20-9-7-16(28-3)13-29-20/h6-11,13,21H,1,12H2,2,4-5H3,(H2,27,30)/b19-11-/t21-,23+,24+/m0/s1. The van der Waals surface area contributed by atoms with Gasteiger partial charge in [-0.3, -0.25) is 9.98 Å². The van der Waals surface area contributed by atoms with Gasteiger partial charge >= 0.3 is 0 Å². The first-order chi connectivity index (χ1) is 15.1. The molecule has 2 aromatic rings. The maximum atomic E-state index is 15.0. The molecule has 0 spiro atoms.